The molecule has 1 aromatic heterocycles. The average Bonchev–Trinajstić information content (AvgIpc) is 2.70. The molecule has 0 aliphatic carbocycles. The summed E-state index contributed by atoms with van der Waals surface area (Å²) in [6.45, 7) is 6.64. The van der Waals surface area contributed by atoms with E-state index < -0.39 is 0 Å². The van der Waals surface area contributed by atoms with Crippen LogP contribution in [-0.2, 0) is 4.74 Å². The molecule has 0 amide bonds. The van der Waals surface area contributed by atoms with Crippen LogP contribution in [0.1, 0.15) is 30.2 Å². The zero-order valence-corrected chi connectivity index (χ0v) is 11.0. The first kappa shape index (κ1) is 12.3. The van der Waals surface area contributed by atoms with Crippen molar-refractivity contribution < 1.29 is 4.74 Å². The van der Waals surface area contributed by atoms with E-state index in [0.29, 0.717) is 10.8 Å². The fourth-order valence-electron chi connectivity index (χ4n) is 1.81. The number of hydrogen-bond acceptors (Lipinski definition) is 5. The Labute approximate surface area is 105 Å². The Kier molecular flexibility index (Phi) is 3.65. The van der Waals surface area contributed by atoms with Crippen LogP contribution in [0.25, 0.3) is 0 Å². The molecule has 5 heteroatoms. The van der Waals surface area contributed by atoms with Crippen molar-refractivity contribution in [2.24, 2.45) is 0 Å². The van der Waals surface area contributed by atoms with Crippen molar-refractivity contribution >= 4 is 11.8 Å². The van der Waals surface area contributed by atoms with Crippen LogP contribution in [0.3, 0.4) is 0 Å². The Balaban J connectivity index is 2.27. The van der Waals surface area contributed by atoms with Gasteiger partial charge in [0.05, 0.1) is 17.4 Å². The predicted octanol–water partition coefficient (Wildman–Crippen LogP) is 2.23. The van der Waals surface area contributed by atoms with E-state index in [-0.39, 0.29) is 6.10 Å². The predicted molar refractivity (Wildman–Crippen MR) is 65.9 cm³/mol. The van der Waals surface area contributed by atoms with Gasteiger partial charge in [0, 0.05) is 11.9 Å². The van der Waals surface area contributed by atoms with Gasteiger partial charge in [-0.1, -0.05) is 11.8 Å². The van der Waals surface area contributed by atoms with Crippen molar-refractivity contribution in [2.45, 2.75) is 43.6 Å². The summed E-state index contributed by atoms with van der Waals surface area (Å²) in [5.74, 6) is 0. The van der Waals surface area contributed by atoms with Gasteiger partial charge in [-0.3, -0.25) is 0 Å². The second-order valence-corrected chi connectivity index (χ2v) is 5.45. The highest BCUT2D eigenvalue weighted by molar-refractivity contribution is 8.00. The number of aromatic nitrogens is 2. The minimum Gasteiger partial charge on any atom is -0.377 e. The SMILES string of the molecule is Cc1nnc(SC2CCOC2C)c(C#N)c1C. The molecule has 0 saturated carbocycles. The highest BCUT2D eigenvalue weighted by Crippen LogP contribution is 2.33. The van der Waals surface area contributed by atoms with Crippen LogP contribution in [0, 0.1) is 25.2 Å². The van der Waals surface area contributed by atoms with E-state index in [1.165, 1.54) is 0 Å². The molecule has 1 aromatic rings. The molecule has 0 radical (unpaired) electrons. The van der Waals surface area contributed by atoms with E-state index in [2.05, 4.69) is 23.2 Å². The van der Waals surface area contributed by atoms with Gasteiger partial charge in [-0.05, 0) is 32.8 Å². The lowest BCUT2D eigenvalue weighted by molar-refractivity contribution is 0.127. The standard InChI is InChI=1S/C12H15N3OS/c1-7-8(2)14-15-12(10(7)6-13)17-11-4-5-16-9(11)3/h9,11H,4-5H2,1-3H3. The maximum atomic E-state index is 9.20. The fourth-order valence-corrected chi connectivity index (χ4v) is 2.99. The van der Waals surface area contributed by atoms with Crippen molar-refractivity contribution in [3.8, 4) is 6.07 Å². The first-order valence-corrected chi connectivity index (χ1v) is 6.53. The molecule has 2 heterocycles. The van der Waals surface area contributed by atoms with Crippen LogP contribution in [0.15, 0.2) is 5.03 Å². The van der Waals surface area contributed by atoms with Crippen LogP contribution in [0.2, 0.25) is 0 Å². The lowest BCUT2D eigenvalue weighted by Gasteiger charge is -2.14. The summed E-state index contributed by atoms with van der Waals surface area (Å²) < 4.78 is 5.51. The Morgan fingerprint density at radius 2 is 2.18 bits per heavy atom. The van der Waals surface area contributed by atoms with Gasteiger partial charge < -0.3 is 4.74 Å². The molecule has 0 aromatic carbocycles. The molecule has 17 heavy (non-hydrogen) atoms. The molecule has 1 fully saturated rings. The van der Waals surface area contributed by atoms with E-state index in [0.717, 1.165) is 29.3 Å². The summed E-state index contributed by atoms with van der Waals surface area (Å²) in [6.07, 6.45) is 1.22. The molecule has 0 bridgehead atoms. The Morgan fingerprint density at radius 3 is 2.76 bits per heavy atom. The molecule has 1 saturated heterocycles. The summed E-state index contributed by atoms with van der Waals surface area (Å²) in [4.78, 5) is 0. The minimum absolute atomic E-state index is 0.218. The molecular weight excluding hydrogens is 234 g/mol. The van der Waals surface area contributed by atoms with Gasteiger partial charge in [0.1, 0.15) is 11.1 Å². The van der Waals surface area contributed by atoms with Gasteiger partial charge in [-0.25, -0.2) is 0 Å². The Bertz CT molecular complexity index is 470. The topological polar surface area (TPSA) is 58.8 Å². The summed E-state index contributed by atoms with van der Waals surface area (Å²) in [7, 11) is 0. The van der Waals surface area contributed by atoms with Gasteiger partial charge in [0.15, 0.2) is 0 Å². The number of hydrogen-bond donors (Lipinski definition) is 0. The first-order valence-electron chi connectivity index (χ1n) is 5.65. The van der Waals surface area contributed by atoms with Crippen molar-refractivity contribution in [2.75, 3.05) is 6.61 Å². The van der Waals surface area contributed by atoms with Gasteiger partial charge >= 0.3 is 0 Å². The van der Waals surface area contributed by atoms with Crippen molar-refractivity contribution in [1.82, 2.24) is 10.2 Å². The van der Waals surface area contributed by atoms with Gasteiger partial charge in [0.25, 0.3) is 0 Å². The van der Waals surface area contributed by atoms with E-state index in [1.54, 1.807) is 11.8 Å². The third-order valence-electron chi connectivity index (χ3n) is 3.10. The first-order chi connectivity index (χ1) is 8.13. The number of rotatable bonds is 2. The third kappa shape index (κ3) is 2.43. The lowest BCUT2D eigenvalue weighted by atomic mass is 10.1. The molecular formula is C12H15N3OS. The van der Waals surface area contributed by atoms with E-state index in [1.807, 2.05) is 13.8 Å². The normalized spacial score (nSPS) is 23.6. The lowest BCUT2D eigenvalue weighted by Crippen LogP contribution is -2.14. The molecule has 4 nitrogen and oxygen atoms in total. The molecule has 90 valence electrons. The van der Waals surface area contributed by atoms with Gasteiger partial charge in [0.2, 0.25) is 0 Å². The number of ether oxygens (including phenoxy) is 1. The monoisotopic (exact) mass is 249 g/mol. The molecule has 0 spiro atoms. The van der Waals surface area contributed by atoms with Crippen molar-refractivity contribution in [3.05, 3.63) is 16.8 Å². The summed E-state index contributed by atoms with van der Waals surface area (Å²) in [6, 6.07) is 2.23. The van der Waals surface area contributed by atoms with Gasteiger partial charge in [-0.2, -0.15) is 10.4 Å². The zero-order chi connectivity index (χ0) is 12.4. The van der Waals surface area contributed by atoms with Crippen molar-refractivity contribution in [1.29, 1.82) is 5.26 Å². The van der Waals surface area contributed by atoms with Crippen molar-refractivity contribution in [3.63, 3.8) is 0 Å². The molecule has 1 aliphatic rings. The Hall–Kier alpha value is -1.12. The smallest absolute Gasteiger partial charge is 0.137 e. The quantitative estimate of drug-likeness (QED) is 0.804. The molecule has 0 N–H and O–H groups in total. The van der Waals surface area contributed by atoms with Crippen LogP contribution in [0.5, 0.6) is 0 Å². The number of thioether (sulfide) groups is 1. The highest BCUT2D eigenvalue weighted by atomic mass is 32.2. The largest absolute Gasteiger partial charge is 0.377 e. The summed E-state index contributed by atoms with van der Waals surface area (Å²) in [5.41, 5.74) is 2.40. The summed E-state index contributed by atoms with van der Waals surface area (Å²) >= 11 is 1.61. The molecule has 2 unspecified atom stereocenters. The van der Waals surface area contributed by atoms with Crippen LogP contribution in [-0.4, -0.2) is 28.2 Å². The minimum atomic E-state index is 0.218. The number of nitrogens with zero attached hydrogens (tertiary/aromatic N) is 3. The molecule has 2 atom stereocenters. The second kappa shape index (κ2) is 5.03. The van der Waals surface area contributed by atoms with Crippen LogP contribution in [0.4, 0.5) is 0 Å². The van der Waals surface area contributed by atoms with Gasteiger partial charge in [-0.15, -0.1) is 5.10 Å². The van der Waals surface area contributed by atoms with Crippen LogP contribution >= 0.6 is 11.8 Å². The maximum Gasteiger partial charge on any atom is 0.137 e. The second-order valence-electron chi connectivity index (χ2n) is 4.22. The highest BCUT2D eigenvalue weighted by Gasteiger charge is 2.27. The number of nitriles is 1. The Morgan fingerprint density at radius 1 is 1.41 bits per heavy atom. The van der Waals surface area contributed by atoms with E-state index >= 15 is 0 Å². The number of aryl methyl sites for hydroxylation is 1. The fraction of sp³-hybridized carbons (Fsp3) is 0.583. The summed E-state index contributed by atoms with van der Waals surface area (Å²) in [5, 5.41) is 18.5. The third-order valence-corrected chi connectivity index (χ3v) is 4.53. The maximum absolute atomic E-state index is 9.20. The molecule has 2 rings (SSSR count). The van der Waals surface area contributed by atoms with E-state index in [4.69, 9.17) is 4.74 Å². The van der Waals surface area contributed by atoms with E-state index in [9.17, 15) is 5.26 Å². The molecule has 1 aliphatic heterocycles. The average molecular weight is 249 g/mol. The zero-order valence-electron chi connectivity index (χ0n) is 10.2. The van der Waals surface area contributed by atoms with Crippen LogP contribution < -0.4 is 0 Å².